The first kappa shape index (κ1) is 13.9. The number of likely N-dealkylation sites (tertiary alicyclic amines) is 1. The number of rotatable bonds is 6. The number of hydrogen-bond donors (Lipinski definition) is 0. The quantitative estimate of drug-likeness (QED) is 0.690. The third-order valence-corrected chi connectivity index (χ3v) is 3.44. The van der Waals surface area contributed by atoms with E-state index >= 15 is 0 Å². The average Bonchev–Trinajstić information content (AvgIpc) is 2.65. The summed E-state index contributed by atoms with van der Waals surface area (Å²) in [6, 6.07) is 1.41. The van der Waals surface area contributed by atoms with Gasteiger partial charge in [0, 0.05) is 31.7 Å². The van der Waals surface area contributed by atoms with E-state index in [4.69, 9.17) is 4.74 Å². The summed E-state index contributed by atoms with van der Waals surface area (Å²) >= 11 is 0. The Labute approximate surface area is 101 Å². The van der Waals surface area contributed by atoms with Crippen LogP contribution in [0, 0.1) is 0 Å². The van der Waals surface area contributed by atoms with Crippen molar-refractivity contribution < 1.29 is 4.74 Å². The fourth-order valence-electron chi connectivity index (χ4n) is 2.21. The summed E-state index contributed by atoms with van der Waals surface area (Å²) in [7, 11) is 2.22. The highest BCUT2D eigenvalue weighted by Crippen LogP contribution is 2.16. The van der Waals surface area contributed by atoms with Gasteiger partial charge < -0.3 is 4.74 Å². The fraction of sp³-hybridized carbons (Fsp3) is 1.00. The topological polar surface area (TPSA) is 15.7 Å². The van der Waals surface area contributed by atoms with Crippen molar-refractivity contribution in [3.63, 3.8) is 0 Å². The Morgan fingerprint density at radius 3 is 2.50 bits per heavy atom. The second-order valence-electron chi connectivity index (χ2n) is 5.43. The lowest BCUT2D eigenvalue weighted by Crippen LogP contribution is -2.38. The molecule has 1 unspecified atom stereocenters. The summed E-state index contributed by atoms with van der Waals surface area (Å²) in [4.78, 5) is 5.01. The first-order valence-corrected chi connectivity index (χ1v) is 6.56. The van der Waals surface area contributed by atoms with Gasteiger partial charge in [-0.1, -0.05) is 0 Å². The first-order valence-electron chi connectivity index (χ1n) is 6.56. The van der Waals surface area contributed by atoms with Crippen LogP contribution < -0.4 is 0 Å². The van der Waals surface area contributed by atoms with Gasteiger partial charge in [-0.3, -0.25) is 9.80 Å². The zero-order valence-electron chi connectivity index (χ0n) is 11.6. The Morgan fingerprint density at radius 2 is 2.00 bits per heavy atom. The van der Waals surface area contributed by atoms with Crippen molar-refractivity contribution in [2.24, 2.45) is 0 Å². The SMILES string of the molecule is CC(C)OCCN(C)C1CCN(C(C)C)C1. The van der Waals surface area contributed by atoms with Crippen molar-refractivity contribution in [2.45, 2.75) is 52.3 Å². The standard InChI is InChI=1S/C13H28N2O/c1-11(2)15-7-6-13(10-15)14(5)8-9-16-12(3)4/h11-13H,6-10H2,1-5H3. The predicted molar refractivity (Wildman–Crippen MR) is 68.8 cm³/mol. The van der Waals surface area contributed by atoms with Gasteiger partial charge in [-0.25, -0.2) is 0 Å². The maximum atomic E-state index is 5.59. The minimum Gasteiger partial charge on any atom is -0.377 e. The molecule has 1 heterocycles. The van der Waals surface area contributed by atoms with Gasteiger partial charge >= 0.3 is 0 Å². The number of likely N-dealkylation sites (N-methyl/N-ethyl adjacent to an activating group) is 1. The maximum absolute atomic E-state index is 5.59. The Morgan fingerprint density at radius 1 is 1.31 bits per heavy atom. The van der Waals surface area contributed by atoms with Crippen LogP contribution in [0.3, 0.4) is 0 Å². The van der Waals surface area contributed by atoms with Crippen LogP contribution in [0.4, 0.5) is 0 Å². The molecular weight excluding hydrogens is 200 g/mol. The van der Waals surface area contributed by atoms with Gasteiger partial charge in [0.25, 0.3) is 0 Å². The Balaban J connectivity index is 2.20. The normalized spacial score (nSPS) is 22.9. The Bertz CT molecular complexity index is 194. The molecule has 0 bridgehead atoms. The van der Waals surface area contributed by atoms with Gasteiger partial charge in [-0.15, -0.1) is 0 Å². The van der Waals surface area contributed by atoms with Gasteiger partial charge in [0.15, 0.2) is 0 Å². The van der Waals surface area contributed by atoms with Crippen molar-refractivity contribution in [1.82, 2.24) is 9.80 Å². The van der Waals surface area contributed by atoms with Crippen LogP contribution in [0.15, 0.2) is 0 Å². The largest absolute Gasteiger partial charge is 0.377 e. The minimum absolute atomic E-state index is 0.351. The molecule has 3 nitrogen and oxygen atoms in total. The van der Waals surface area contributed by atoms with E-state index in [-0.39, 0.29) is 0 Å². The second kappa shape index (κ2) is 6.58. The number of ether oxygens (including phenoxy) is 1. The summed E-state index contributed by atoms with van der Waals surface area (Å²) in [5.74, 6) is 0. The van der Waals surface area contributed by atoms with Crippen LogP contribution in [-0.4, -0.2) is 61.3 Å². The lowest BCUT2D eigenvalue weighted by Gasteiger charge is -2.26. The van der Waals surface area contributed by atoms with E-state index in [0.29, 0.717) is 12.1 Å². The third-order valence-electron chi connectivity index (χ3n) is 3.44. The molecule has 0 saturated carbocycles. The van der Waals surface area contributed by atoms with Crippen LogP contribution >= 0.6 is 0 Å². The molecular formula is C13H28N2O. The van der Waals surface area contributed by atoms with Crippen LogP contribution in [0.5, 0.6) is 0 Å². The summed E-state index contributed by atoms with van der Waals surface area (Å²) in [5, 5.41) is 0. The smallest absolute Gasteiger partial charge is 0.0596 e. The molecule has 1 rings (SSSR count). The summed E-state index contributed by atoms with van der Waals surface area (Å²) in [5.41, 5.74) is 0. The number of hydrogen-bond acceptors (Lipinski definition) is 3. The molecule has 0 aromatic carbocycles. The third kappa shape index (κ3) is 4.40. The Kier molecular flexibility index (Phi) is 5.73. The van der Waals surface area contributed by atoms with Crippen molar-refractivity contribution in [2.75, 3.05) is 33.3 Å². The highest BCUT2D eigenvalue weighted by molar-refractivity contribution is 4.83. The van der Waals surface area contributed by atoms with E-state index in [1.807, 2.05) is 0 Å². The first-order chi connectivity index (χ1) is 7.50. The van der Waals surface area contributed by atoms with E-state index < -0.39 is 0 Å². The predicted octanol–water partition coefficient (Wildman–Crippen LogP) is 1.83. The van der Waals surface area contributed by atoms with Crippen LogP contribution in [-0.2, 0) is 4.74 Å². The molecule has 3 heteroatoms. The molecule has 0 amide bonds. The Hall–Kier alpha value is -0.120. The van der Waals surface area contributed by atoms with E-state index in [1.165, 1.54) is 19.5 Å². The molecule has 0 aliphatic carbocycles. The van der Waals surface area contributed by atoms with E-state index in [1.54, 1.807) is 0 Å². The van der Waals surface area contributed by atoms with Crippen molar-refractivity contribution in [1.29, 1.82) is 0 Å². The summed E-state index contributed by atoms with van der Waals surface area (Å²) in [6.07, 6.45) is 1.65. The molecule has 1 fully saturated rings. The van der Waals surface area contributed by atoms with Crippen molar-refractivity contribution >= 4 is 0 Å². The molecule has 0 aromatic rings. The molecule has 1 aliphatic heterocycles. The minimum atomic E-state index is 0.351. The van der Waals surface area contributed by atoms with E-state index in [0.717, 1.165) is 19.2 Å². The van der Waals surface area contributed by atoms with Gasteiger partial charge in [-0.2, -0.15) is 0 Å². The van der Waals surface area contributed by atoms with E-state index in [2.05, 4.69) is 44.5 Å². The zero-order chi connectivity index (χ0) is 12.1. The van der Waals surface area contributed by atoms with E-state index in [9.17, 15) is 0 Å². The van der Waals surface area contributed by atoms with Crippen LogP contribution in [0.1, 0.15) is 34.1 Å². The lowest BCUT2D eigenvalue weighted by molar-refractivity contribution is 0.0561. The molecule has 1 atom stereocenters. The molecule has 0 aromatic heterocycles. The van der Waals surface area contributed by atoms with Gasteiger partial charge in [0.2, 0.25) is 0 Å². The molecule has 1 saturated heterocycles. The lowest BCUT2D eigenvalue weighted by atomic mass is 10.2. The molecule has 0 radical (unpaired) electrons. The van der Waals surface area contributed by atoms with Gasteiger partial charge in [-0.05, 0) is 41.2 Å². The highest BCUT2D eigenvalue weighted by Gasteiger charge is 2.26. The average molecular weight is 228 g/mol. The molecule has 1 aliphatic rings. The van der Waals surface area contributed by atoms with Gasteiger partial charge in [0.1, 0.15) is 0 Å². The van der Waals surface area contributed by atoms with Crippen molar-refractivity contribution in [3.8, 4) is 0 Å². The van der Waals surface area contributed by atoms with Crippen molar-refractivity contribution in [3.05, 3.63) is 0 Å². The van der Waals surface area contributed by atoms with Crippen LogP contribution in [0.2, 0.25) is 0 Å². The molecule has 0 spiro atoms. The van der Waals surface area contributed by atoms with Gasteiger partial charge in [0.05, 0.1) is 12.7 Å². The maximum Gasteiger partial charge on any atom is 0.0596 e. The molecule has 16 heavy (non-hydrogen) atoms. The molecule has 0 N–H and O–H groups in total. The highest BCUT2D eigenvalue weighted by atomic mass is 16.5. The molecule has 96 valence electrons. The summed E-state index contributed by atoms with van der Waals surface area (Å²) < 4.78 is 5.59. The number of nitrogens with zero attached hydrogens (tertiary/aromatic N) is 2. The zero-order valence-corrected chi connectivity index (χ0v) is 11.6. The second-order valence-corrected chi connectivity index (χ2v) is 5.43. The fourth-order valence-corrected chi connectivity index (χ4v) is 2.21. The summed E-state index contributed by atoms with van der Waals surface area (Å²) in [6.45, 7) is 13.1. The monoisotopic (exact) mass is 228 g/mol. The van der Waals surface area contributed by atoms with Crippen LogP contribution in [0.25, 0.3) is 0 Å².